The molecule has 0 aliphatic carbocycles. The number of hydrogen-bond donors (Lipinski definition) is 4. The normalized spacial score (nSPS) is 11.2. The summed E-state index contributed by atoms with van der Waals surface area (Å²) in [5.41, 5.74) is 5.71. The van der Waals surface area contributed by atoms with Gasteiger partial charge in [0.2, 0.25) is 10.0 Å². The minimum atomic E-state index is -3.52. The fraction of sp³-hybridized carbons (Fsp3) is 0.300. The van der Waals surface area contributed by atoms with Gasteiger partial charge in [0.05, 0.1) is 11.5 Å². The van der Waals surface area contributed by atoms with Crippen molar-refractivity contribution in [1.82, 2.24) is 4.72 Å². The highest BCUT2D eigenvalue weighted by Crippen LogP contribution is 2.13. The van der Waals surface area contributed by atoms with Crippen molar-refractivity contribution in [2.75, 3.05) is 25.6 Å². The van der Waals surface area contributed by atoms with Gasteiger partial charge in [-0.3, -0.25) is 5.41 Å². The second-order valence-electron chi connectivity index (χ2n) is 3.45. The van der Waals surface area contributed by atoms with Crippen LogP contribution in [0.15, 0.2) is 29.2 Å². The third kappa shape index (κ3) is 4.32. The Hall–Kier alpha value is -1.64. The number of benzene rings is 1. The van der Waals surface area contributed by atoms with E-state index in [1.165, 1.54) is 31.4 Å². The molecule has 1 aromatic rings. The second kappa shape index (κ2) is 6.34. The number of nitrogens with one attached hydrogen (secondary N) is 3. The predicted molar refractivity (Wildman–Crippen MR) is 69.0 cm³/mol. The molecule has 1 aromatic carbocycles. The molecule has 0 aliphatic rings. The van der Waals surface area contributed by atoms with Crippen molar-refractivity contribution in [3.63, 3.8) is 0 Å². The summed E-state index contributed by atoms with van der Waals surface area (Å²) < 4.78 is 30.7. The van der Waals surface area contributed by atoms with Gasteiger partial charge in [-0.25, -0.2) is 13.1 Å². The van der Waals surface area contributed by atoms with Crippen LogP contribution in [-0.2, 0) is 14.8 Å². The zero-order chi connectivity index (χ0) is 13.6. The molecular formula is C10H16N4O3S. The van der Waals surface area contributed by atoms with E-state index in [9.17, 15) is 8.42 Å². The maximum atomic E-state index is 11.8. The first-order chi connectivity index (χ1) is 8.45. The van der Waals surface area contributed by atoms with E-state index in [-0.39, 0.29) is 17.4 Å². The summed E-state index contributed by atoms with van der Waals surface area (Å²) in [4.78, 5) is 0.146. The second-order valence-corrected chi connectivity index (χ2v) is 5.22. The fourth-order valence-electron chi connectivity index (χ4n) is 1.23. The van der Waals surface area contributed by atoms with Crippen LogP contribution >= 0.6 is 0 Å². The lowest BCUT2D eigenvalue weighted by Gasteiger charge is -2.07. The zero-order valence-electron chi connectivity index (χ0n) is 9.93. The zero-order valence-corrected chi connectivity index (χ0v) is 10.8. The molecule has 0 heterocycles. The van der Waals surface area contributed by atoms with Gasteiger partial charge in [-0.05, 0) is 24.3 Å². The van der Waals surface area contributed by atoms with Crippen LogP contribution in [0, 0.1) is 5.41 Å². The number of nitrogens with two attached hydrogens (primary N) is 1. The number of hydrogen-bond acceptors (Lipinski definition) is 4. The van der Waals surface area contributed by atoms with Crippen molar-refractivity contribution in [2.24, 2.45) is 5.73 Å². The first kappa shape index (κ1) is 14.4. The van der Waals surface area contributed by atoms with Crippen molar-refractivity contribution < 1.29 is 13.2 Å². The fourth-order valence-corrected chi connectivity index (χ4v) is 2.25. The lowest BCUT2D eigenvalue weighted by Crippen LogP contribution is -2.27. The van der Waals surface area contributed by atoms with Crippen LogP contribution in [0.1, 0.15) is 0 Å². The smallest absolute Gasteiger partial charge is 0.240 e. The number of guanidine groups is 1. The molecule has 0 aromatic heterocycles. The minimum Gasteiger partial charge on any atom is -0.383 e. The third-order valence-corrected chi connectivity index (χ3v) is 3.52. The van der Waals surface area contributed by atoms with E-state index in [1.54, 1.807) is 0 Å². The van der Waals surface area contributed by atoms with Crippen LogP contribution in [0.4, 0.5) is 5.69 Å². The van der Waals surface area contributed by atoms with Crippen molar-refractivity contribution in [2.45, 2.75) is 4.90 Å². The van der Waals surface area contributed by atoms with Gasteiger partial charge < -0.3 is 15.8 Å². The average molecular weight is 272 g/mol. The number of anilines is 1. The molecule has 0 radical (unpaired) electrons. The van der Waals surface area contributed by atoms with Crippen molar-refractivity contribution >= 4 is 21.7 Å². The molecule has 0 aliphatic heterocycles. The van der Waals surface area contributed by atoms with Gasteiger partial charge in [0.1, 0.15) is 0 Å². The van der Waals surface area contributed by atoms with Crippen LogP contribution in [0.25, 0.3) is 0 Å². The van der Waals surface area contributed by atoms with Gasteiger partial charge in [0.25, 0.3) is 0 Å². The Bertz CT molecular complexity index is 498. The number of ether oxygens (including phenoxy) is 1. The molecule has 1 rings (SSSR count). The van der Waals surface area contributed by atoms with E-state index in [0.29, 0.717) is 12.3 Å². The Morgan fingerprint density at radius 2 is 2.00 bits per heavy atom. The Balaban J connectivity index is 2.74. The van der Waals surface area contributed by atoms with Crippen molar-refractivity contribution in [1.29, 1.82) is 5.41 Å². The summed E-state index contributed by atoms with van der Waals surface area (Å²) in [7, 11) is -2.02. The summed E-state index contributed by atoms with van der Waals surface area (Å²) in [6, 6.07) is 5.93. The molecule has 0 bridgehead atoms. The highest BCUT2D eigenvalue weighted by molar-refractivity contribution is 7.89. The minimum absolute atomic E-state index is 0.146. The first-order valence-corrected chi connectivity index (χ1v) is 6.64. The quantitative estimate of drug-likeness (QED) is 0.328. The molecule has 0 fully saturated rings. The molecule has 8 heteroatoms. The van der Waals surface area contributed by atoms with Crippen LogP contribution in [0.5, 0.6) is 0 Å². The van der Waals surface area contributed by atoms with Gasteiger partial charge in [-0.1, -0.05) is 0 Å². The summed E-state index contributed by atoms with van der Waals surface area (Å²) in [5, 5.41) is 9.60. The monoisotopic (exact) mass is 272 g/mol. The Kier molecular flexibility index (Phi) is 5.08. The summed E-state index contributed by atoms with van der Waals surface area (Å²) >= 11 is 0. The molecule has 7 nitrogen and oxygen atoms in total. The first-order valence-electron chi connectivity index (χ1n) is 5.15. The number of sulfonamides is 1. The highest BCUT2D eigenvalue weighted by Gasteiger charge is 2.12. The van der Waals surface area contributed by atoms with Gasteiger partial charge in [-0.15, -0.1) is 0 Å². The molecule has 5 N–H and O–H groups in total. The molecule has 0 amide bonds. The SMILES string of the molecule is COCCNS(=O)(=O)c1ccc(NC(=N)N)cc1. The van der Waals surface area contributed by atoms with Gasteiger partial charge in [-0.2, -0.15) is 0 Å². The van der Waals surface area contributed by atoms with Gasteiger partial charge in [0, 0.05) is 19.3 Å². The van der Waals surface area contributed by atoms with E-state index in [2.05, 4.69) is 10.0 Å². The van der Waals surface area contributed by atoms with E-state index in [1.807, 2.05) is 0 Å². The molecule has 18 heavy (non-hydrogen) atoms. The maximum absolute atomic E-state index is 11.8. The van der Waals surface area contributed by atoms with Gasteiger partial charge >= 0.3 is 0 Å². The predicted octanol–water partition coefficient (Wildman–Crippen LogP) is -0.0833. The summed E-state index contributed by atoms with van der Waals surface area (Å²) in [6.45, 7) is 0.523. The van der Waals surface area contributed by atoms with E-state index in [0.717, 1.165) is 0 Å². The van der Waals surface area contributed by atoms with E-state index < -0.39 is 10.0 Å². The third-order valence-electron chi connectivity index (χ3n) is 2.04. The summed E-state index contributed by atoms with van der Waals surface area (Å²) in [5.74, 6) is -0.205. The summed E-state index contributed by atoms with van der Waals surface area (Å²) in [6.07, 6.45) is 0. The molecule has 0 saturated carbocycles. The van der Waals surface area contributed by atoms with Crippen LogP contribution < -0.4 is 15.8 Å². The molecule has 0 spiro atoms. The molecular weight excluding hydrogens is 256 g/mol. The maximum Gasteiger partial charge on any atom is 0.240 e. The molecule has 100 valence electrons. The Labute approximate surface area is 106 Å². The largest absolute Gasteiger partial charge is 0.383 e. The Morgan fingerprint density at radius 1 is 1.39 bits per heavy atom. The van der Waals surface area contributed by atoms with Crippen LogP contribution in [0.3, 0.4) is 0 Å². The average Bonchev–Trinajstić information content (AvgIpc) is 2.29. The lowest BCUT2D eigenvalue weighted by molar-refractivity contribution is 0.204. The van der Waals surface area contributed by atoms with E-state index >= 15 is 0 Å². The standard InChI is InChI=1S/C10H16N4O3S/c1-17-7-6-13-18(15,16)9-4-2-8(3-5-9)14-10(11)12/h2-5,13H,6-7H2,1H3,(H4,11,12,14). The van der Waals surface area contributed by atoms with Gasteiger partial charge in [0.15, 0.2) is 5.96 Å². The number of methoxy groups -OCH3 is 1. The van der Waals surface area contributed by atoms with Crippen LogP contribution in [-0.4, -0.2) is 34.6 Å². The van der Waals surface area contributed by atoms with Crippen LogP contribution in [0.2, 0.25) is 0 Å². The van der Waals surface area contributed by atoms with Crippen molar-refractivity contribution in [3.05, 3.63) is 24.3 Å². The topological polar surface area (TPSA) is 117 Å². The molecule has 0 saturated heterocycles. The van der Waals surface area contributed by atoms with Crippen molar-refractivity contribution in [3.8, 4) is 0 Å². The van der Waals surface area contributed by atoms with E-state index in [4.69, 9.17) is 15.9 Å². The number of rotatable bonds is 6. The lowest BCUT2D eigenvalue weighted by atomic mass is 10.3. The molecule has 0 atom stereocenters. The molecule has 0 unspecified atom stereocenters. The Morgan fingerprint density at radius 3 is 2.50 bits per heavy atom. The highest BCUT2D eigenvalue weighted by atomic mass is 32.2.